The van der Waals surface area contributed by atoms with Gasteiger partial charge in [-0.2, -0.15) is 4.31 Å². The second-order valence-corrected chi connectivity index (χ2v) is 8.25. The minimum absolute atomic E-state index is 0.222. The second-order valence-electron chi connectivity index (χ2n) is 6.16. The lowest BCUT2D eigenvalue weighted by Crippen LogP contribution is -2.48. The van der Waals surface area contributed by atoms with Gasteiger partial charge in [0, 0.05) is 26.2 Å². The zero-order valence-electron chi connectivity index (χ0n) is 13.8. The molecule has 3 rings (SSSR count). The molecule has 5 nitrogen and oxygen atoms in total. The average Bonchev–Trinajstić information content (AvgIpc) is 3.09. The summed E-state index contributed by atoms with van der Waals surface area (Å²) in [5.41, 5.74) is 1.19. The zero-order valence-corrected chi connectivity index (χ0v) is 14.6. The Morgan fingerprint density at radius 1 is 0.958 bits per heavy atom. The van der Waals surface area contributed by atoms with Gasteiger partial charge >= 0.3 is 0 Å². The first-order valence-corrected chi connectivity index (χ1v) is 10.0. The molecule has 1 aliphatic rings. The molecule has 0 aliphatic carbocycles. The van der Waals surface area contributed by atoms with Crippen LogP contribution in [0.1, 0.15) is 17.7 Å². The van der Waals surface area contributed by atoms with Crippen LogP contribution in [-0.2, 0) is 23.0 Å². The minimum Gasteiger partial charge on any atom is -0.468 e. The first kappa shape index (κ1) is 17.2. The third kappa shape index (κ3) is 4.69. The summed E-state index contributed by atoms with van der Waals surface area (Å²) in [4.78, 5) is 2.23. The van der Waals surface area contributed by atoms with E-state index < -0.39 is 10.0 Å². The highest BCUT2D eigenvalue weighted by Gasteiger charge is 2.26. The van der Waals surface area contributed by atoms with Crippen molar-refractivity contribution in [3.05, 3.63) is 60.1 Å². The molecule has 0 saturated carbocycles. The molecular formula is C18H24N2O3S. The maximum atomic E-state index is 12.5. The molecule has 0 atom stereocenters. The van der Waals surface area contributed by atoms with Crippen LogP contribution in [0, 0.1) is 0 Å². The SMILES string of the molecule is O=S(=O)(CCCc1ccccc1)N1CCN(Cc2ccco2)CC1. The van der Waals surface area contributed by atoms with Gasteiger partial charge in [0.15, 0.2) is 0 Å². The van der Waals surface area contributed by atoms with E-state index in [-0.39, 0.29) is 5.75 Å². The summed E-state index contributed by atoms with van der Waals surface area (Å²) in [6, 6.07) is 13.9. The van der Waals surface area contributed by atoms with Crippen LogP contribution in [0.2, 0.25) is 0 Å². The molecule has 1 aromatic carbocycles. The molecule has 1 saturated heterocycles. The summed E-state index contributed by atoms with van der Waals surface area (Å²) in [5, 5.41) is 0. The normalized spacial score (nSPS) is 17.2. The van der Waals surface area contributed by atoms with Crippen molar-refractivity contribution in [2.24, 2.45) is 0 Å². The predicted octanol–water partition coefficient (Wildman–Crippen LogP) is 2.36. The van der Waals surface area contributed by atoms with Crippen LogP contribution in [-0.4, -0.2) is 49.6 Å². The summed E-state index contributed by atoms with van der Waals surface area (Å²) in [6.07, 6.45) is 3.14. The number of piperazine rings is 1. The third-order valence-electron chi connectivity index (χ3n) is 4.39. The van der Waals surface area contributed by atoms with E-state index in [1.54, 1.807) is 10.6 Å². The Kier molecular flexibility index (Phi) is 5.71. The van der Waals surface area contributed by atoms with Gasteiger partial charge in [-0.05, 0) is 30.5 Å². The highest BCUT2D eigenvalue weighted by molar-refractivity contribution is 7.89. The first-order chi connectivity index (χ1) is 11.6. The van der Waals surface area contributed by atoms with Crippen molar-refractivity contribution in [1.82, 2.24) is 9.21 Å². The number of hydrogen-bond donors (Lipinski definition) is 0. The number of benzene rings is 1. The van der Waals surface area contributed by atoms with E-state index in [1.807, 2.05) is 42.5 Å². The Balaban J connectivity index is 1.44. The highest BCUT2D eigenvalue weighted by Crippen LogP contribution is 2.13. The van der Waals surface area contributed by atoms with Crippen LogP contribution >= 0.6 is 0 Å². The van der Waals surface area contributed by atoms with Crippen LogP contribution in [0.3, 0.4) is 0 Å². The summed E-state index contributed by atoms with van der Waals surface area (Å²) >= 11 is 0. The van der Waals surface area contributed by atoms with E-state index in [1.165, 1.54) is 5.56 Å². The van der Waals surface area contributed by atoms with Crippen LogP contribution in [0.4, 0.5) is 0 Å². The number of nitrogens with zero attached hydrogens (tertiary/aromatic N) is 2. The highest BCUT2D eigenvalue weighted by atomic mass is 32.2. The van der Waals surface area contributed by atoms with Gasteiger partial charge in [0.1, 0.15) is 5.76 Å². The topological polar surface area (TPSA) is 53.8 Å². The zero-order chi connectivity index (χ0) is 16.8. The monoisotopic (exact) mass is 348 g/mol. The van der Waals surface area contributed by atoms with Crippen molar-refractivity contribution in [2.75, 3.05) is 31.9 Å². The molecule has 0 bridgehead atoms. The van der Waals surface area contributed by atoms with Gasteiger partial charge in [0.25, 0.3) is 0 Å². The molecule has 0 N–H and O–H groups in total. The molecule has 0 spiro atoms. The van der Waals surface area contributed by atoms with Gasteiger partial charge < -0.3 is 4.42 Å². The summed E-state index contributed by atoms with van der Waals surface area (Å²) in [7, 11) is -3.16. The Labute approximate surface area is 143 Å². The van der Waals surface area contributed by atoms with Crippen molar-refractivity contribution < 1.29 is 12.8 Å². The van der Waals surface area contributed by atoms with Crippen molar-refractivity contribution in [3.63, 3.8) is 0 Å². The lowest BCUT2D eigenvalue weighted by molar-refractivity contribution is 0.171. The minimum atomic E-state index is -3.16. The lowest BCUT2D eigenvalue weighted by Gasteiger charge is -2.33. The van der Waals surface area contributed by atoms with E-state index in [4.69, 9.17) is 4.42 Å². The fourth-order valence-electron chi connectivity index (χ4n) is 3.02. The third-order valence-corrected chi connectivity index (χ3v) is 6.35. The molecule has 1 aliphatic heterocycles. The first-order valence-electron chi connectivity index (χ1n) is 8.40. The van der Waals surface area contributed by atoms with Gasteiger partial charge in [-0.25, -0.2) is 8.42 Å². The van der Waals surface area contributed by atoms with E-state index in [2.05, 4.69) is 4.90 Å². The lowest BCUT2D eigenvalue weighted by atomic mass is 10.1. The number of furan rings is 1. The number of sulfonamides is 1. The molecule has 0 amide bonds. The maximum Gasteiger partial charge on any atom is 0.214 e. The summed E-state index contributed by atoms with van der Waals surface area (Å²) in [6.45, 7) is 3.37. The predicted molar refractivity (Wildman–Crippen MR) is 94.1 cm³/mol. The van der Waals surface area contributed by atoms with E-state index in [0.29, 0.717) is 19.5 Å². The molecule has 2 aromatic rings. The van der Waals surface area contributed by atoms with Crippen LogP contribution < -0.4 is 0 Å². The van der Waals surface area contributed by atoms with E-state index in [9.17, 15) is 8.42 Å². The van der Waals surface area contributed by atoms with Gasteiger partial charge in [0.05, 0.1) is 18.6 Å². The van der Waals surface area contributed by atoms with Crippen molar-refractivity contribution in [2.45, 2.75) is 19.4 Å². The molecule has 1 aromatic heterocycles. The van der Waals surface area contributed by atoms with Crippen LogP contribution in [0.15, 0.2) is 53.1 Å². The van der Waals surface area contributed by atoms with Crippen LogP contribution in [0.25, 0.3) is 0 Å². The fourth-order valence-corrected chi connectivity index (χ4v) is 4.51. The number of rotatable bonds is 7. The van der Waals surface area contributed by atoms with Crippen molar-refractivity contribution in [1.29, 1.82) is 0 Å². The quantitative estimate of drug-likeness (QED) is 0.771. The van der Waals surface area contributed by atoms with Gasteiger partial charge in [-0.15, -0.1) is 0 Å². The van der Waals surface area contributed by atoms with Gasteiger partial charge in [-0.1, -0.05) is 30.3 Å². The number of hydrogen-bond acceptors (Lipinski definition) is 4. The Morgan fingerprint density at radius 3 is 2.38 bits per heavy atom. The largest absolute Gasteiger partial charge is 0.468 e. The molecule has 0 radical (unpaired) electrons. The van der Waals surface area contributed by atoms with Crippen LogP contribution in [0.5, 0.6) is 0 Å². The van der Waals surface area contributed by atoms with Crippen molar-refractivity contribution in [3.8, 4) is 0 Å². The Morgan fingerprint density at radius 2 is 1.71 bits per heavy atom. The van der Waals surface area contributed by atoms with Gasteiger partial charge in [0.2, 0.25) is 10.0 Å². The molecule has 130 valence electrons. The van der Waals surface area contributed by atoms with Gasteiger partial charge in [-0.3, -0.25) is 4.90 Å². The molecular weight excluding hydrogens is 324 g/mol. The van der Waals surface area contributed by atoms with E-state index >= 15 is 0 Å². The molecule has 2 heterocycles. The molecule has 1 fully saturated rings. The smallest absolute Gasteiger partial charge is 0.214 e. The summed E-state index contributed by atoms with van der Waals surface area (Å²) in [5.74, 6) is 1.15. The molecule has 6 heteroatoms. The average molecular weight is 348 g/mol. The Bertz CT molecular complexity index is 706. The standard InChI is InChI=1S/C18H24N2O3S/c21-24(22,15-5-8-17-6-2-1-3-7-17)20-12-10-19(11-13-20)16-18-9-4-14-23-18/h1-4,6-7,9,14H,5,8,10-13,15-16H2. The number of aryl methyl sites for hydroxylation is 1. The summed E-state index contributed by atoms with van der Waals surface area (Å²) < 4.78 is 32.0. The fraction of sp³-hybridized carbons (Fsp3) is 0.444. The Hall–Kier alpha value is -1.63. The van der Waals surface area contributed by atoms with E-state index in [0.717, 1.165) is 31.8 Å². The second kappa shape index (κ2) is 7.96. The molecule has 0 unspecified atom stereocenters. The van der Waals surface area contributed by atoms with Crippen molar-refractivity contribution >= 4 is 10.0 Å². The molecule has 24 heavy (non-hydrogen) atoms. The maximum absolute atomic E-state index is 12.5.